The van der Waals surface area contributed by atoms with Crippen molar-refractivity contribution >= 4 is 39.7 Å². The zero-order valence-corrected chi connectivity index (χ0v) is 29.0. The van der Waals surface area contributed by atoms with Gasteiger partial charge in [-0.05, 0) is 78.9 Å². The lowest BCUT2D eigenvalue weighted by atomic mass is 9.92. The quantitative estimate of drug-likeness (QED) is 0.151. The number of benzene rings is 3. The van der Waals surface area contributed by atoms with Crippen LogP contribution >= 0.6 is 0 Å². The minimum Gasteiger partial charge on any atom is -0.488 e. The molecule has 0 bridgehead atoms. The van der Waals surface area contributed by atoms with Crippen LogP contribution in [0.4, 0.5) is 4.79 Å². The van der Waals surface area contributed by atoms with Gasteiger partial charge >= 0.3 is 6.09 Å². The van der Waals surface area contributed by atoms with E-state index in [2.05, 4.69) is 67.5 Å². The Morgan fingerprint density at radius 3 is 2.78 bits per heavy atom. The number of aromatic nitrogens is 4. The molecule has 2 aromatic heterocycles. The van der Waals surface area contributed by atoms with Crippen molar-refractivity contribution < 1.29 is 23.9 Å². The summed E-state index contributed by atoms with van der Waals surface area (Å²) in [4.78, 5) is 57.5. The number of rotatable bonds is 10. The van der Waals surface area contributed by atoms with Gasteiger partial charge < -0.3 is 34.6 Å². The molecule has 12 heteroatoms. The minimum absolute atomic E-state index is 0.0194. The standard InChI is InChI=1S/C38H43N7O5/c1-5-8-34(46)44-14-7-9-31(44)37-42-29-13-11-23-16-28-26-12-10-24(15-25(26)21-50-32(28)17-27(23)36(29)43-37)30-18-39-33(41-30)20-45(22(3)6-2)35(47)19-40-38(48)49-4/h10-13,15-18,22,31H,5-9,14,19-21H2,1-4H3,(H,39,41)(H,40,48)(H,42,43)/t22-,31-/m0/s1. The monoisotopic (exact) mass is 677 g/mol. The van der Waals surface area contributed by atoms with Gasteiger partial charge in [0.05, 0.1) is 42.6 Å². The van der Waals surface area contributed by atoms with E-state index in [0.717, 1.165) is 93.6 Å². The first kappa shape index (κ1) is 33.1. The van der Waals surface area contributed by atoms with Gasteiger partial charge in [-0.15, -0.1) is 0 Å². The third kappa shape index (κ3) is 6.25. The molecule has 3 amide bonds. The number of alkyl carbamates (subject to hydrolysis) is 1. The van der Waals surface area contributed by atoms with Crippen LogP contribution in [0.2, 0.25) is 0 Å². The van der Waals surface area contributed by atoms with E-state index in [0.29, 0.717) is 18.9 Å². The molecule has 3 aromatic carbocycles. The van der Waals surface area contributed by atoms with Crippen LogP contribution < -0.4 is 10.1 Å². The van der Waals surface area contributed by atoms with E-state index in [1.165, 1.54) is 7.11 Å². The molecular weight excluding hydrogens is 634 g/mol. The van der Waals surface area contributed by atoms with Gasteiger partial charge in [0.1, 0.15) is 30.5 Å². The molecule has 5 aromatic rings. The lowest BCUT2D eigenvalue weighted by Crippen LogP contribution is -2.44. The number of nitrogens with one attached hydrogen (secondary N) is 3. The number of nitrogens with zero attached hydrogens (tertiary/aromatic N) is 4. The summed E-state index contributed by atoms with van der Waals surface area (Å²) in [5, 5.41) is 4.56. The van der Waals surface area contributed by atoms with E-state index in [1.807, 2.05) is 25.7 Å². The summed E-state index contributed by atoms with van der Waals surface area (Å²) >= 11 is 0. The molecule has 7 rings (SSSR count). The SMILES string of the molecule is CCCC(=O)N1CCC[C@H]1c1nc2c(ccc3cc4c(cc32)OCc2cc(-c3cnc(CN(C(=O)CNC(=O)OC)[C@@H](C)CC)[nH]3)ccc2-4)[nH]1. The van der Waals surface area contributed by atoms with Gasteiger partial charge in [0.25, 0.3) is 0 Å². The number of aromatic amines is 2. The second-order valence-electron chi connectivity index (χ2n) is 13.2. The van der Waals surface area contributed by atoms with Gasteiger partial charge in [0.15, 0.2) is 0 Å². The maximum Gasteiger partial charge on any atom is 0.407 e. The normalized spacial score (nSPS) is 15.8. The molecule has 0 unspecified atom stereocenters. The highest BCUT2D eigenvalue weighted by atomic mass is 16.5. The molecule has 50 heavy (non-hydrogen) atoms. The van der Waals surface area contributed by atoms with Crippen molar-refractivity contribution in [2.45, 2.75) is 78.1 Å². The van der Waals surface area contributed by atoms with Crippen LogP contribution in [0.5, 0.6) is 5.75 Å². The topological polar surface area (TPSA) is 146 Å². The maximum absolute atomic E-state index is 12.9. The first-order chi connectivity index (χ1) is 24.3. The number of carbonyl (C=O) groups is 3. The van der Waals surface area contributed by atoms with E-state index in [9.17, 15) is 14.4 Å². The largest absolute Gasteiger partial charge is 0.488 e. The molecule has 3 N–H and O–H groups in total. The number of amides is 3. The molecule has 2 aliphatic rings. The van der Waals surface area contributed by atoms with E-state index in [-0.39, 0.29) is 37.0 Å². The number of H-pyrrole nitrogens is 2. The van der Waals surface area contributed by atoms with Gasteiger partial charge in [-0.25, -0.2) is 14.8 Å². The number of methoxy groups -OCH3 is 1. The second-order valence-corrected chi connectivity index (χ2v) is 13.2. The molecule has 0 saturated carbocycles. The van der Waals surface area contributed by atoms with Crippen LogP contribution in [0.15, 0.2) is 48.7 Å². The van der Waals surface area contributed by atoms with Crippen molar-refractivity contribution in [3.05, 3.63) is 65.9 Å². The molecule has 260 valence electrons. The number of carbonyl (C=O) groups excluding carboxylic acids is 3. The van der Waals surface area contributed by atoms with Crippen LogP contribution in [0.1, 0.15) is 76.1 Å². The lowest BCUT2D eigenvalue weighted by Gasteiger charge is -2.28. The van der Waals surface area contributed by atoms with Gasteiger partial charge in [-0.3, -0.25) is 9.59 Å². The van der Waals surface area contributed by atoms with Crippen LogP contribution in [0.3, 0.4) is 0 Å². The van der Waals surface area contributed by atoms with E-state index < -0.39 is 6.09 Å². The Labute approximate surface area is 290 Å². The second kappa shape index (κ2) is 13.9. The first-order valence-electron chi connectivity index (χ1n) is 17.4. The fourth-order valence-electron chi connectivity index (χ4n) is 7.12. The predicted molar refractivity (Wildman–Crippen MR) is 190 cm³/mol. The van der Waals surface area contributed by atoms with Gasteiger partial charge in [-0.2, -0.15) is 0 Å². The molecule has 0 aliphatic carbocycles. The Morgan fingerprint density at radius 1 is 1.12 bits per heavy atom. The van der Waals surface area contributed by atoms with Crippen molar-refractivity contribution in [3.8, 4) is 28.1 Å². The Morgan fingerprint density at radius 2 is 1.98 bits per heavy atom. The molecule has 0 radical (unpaired) electrons. The third-order valence-corrected chi connectivity index (χ3v) is 9.99. The van der Waals surface area contributed by atoms with Crippen molar-refractivity contribution in [1.82, 2.24) is 35.1 Å². The number of likely N-dealkylation sites (tertiary alicyclic amines) is 1. The van der Waals surface area contributed by atoms with Gasteiger partial charge in [0, 0.05) is 30.0 Å². The molecule has 12 nitrogen and oxygen atoms in total. The Balaban J connectivity index is 1.13. The highest BCUT2D eigenvalue weighted by molar-refractivity contribution is 6.07. The van der Waals surface area contributed by atoms with Crippen LogP contribution in [-0.4, -0.2) is 73.9 Å². The lowest BCUT2D eigenvalue weighted by molar-refractivity contribution is -0.133. The summed E-state index contributed by atoms with van der Waals surface area (Å²) < 4.78 is 11.0. The van der Waals surface area contributed by atoms with E-state index in [1.54, 1.807) is 11.1 Å². The van der Waals surface area contributed by atoms with Crippen LogP contribution in [0.25, 0.3) is 44.2 Å². The average Bonchev–Trinajstić information content (AvgIpc) is 3.91. The van der Waals surface area contributed by atoms with E-state index in [4.69, 9.17) is 9.72 Å². The number of ether oxygens (including phenoxy) is 2. The maximum atomic E-state index is 12.9. The summed E-state index contributed by atoms with van der Waals surface area (Å²) in [6.07, 6.45) is 5.19. The zero-order valence-electron chi connectivity index (χ0n) is 29.0. The predicted octanol–water partition coefficient (Wildman–Crippen LogP) is 6.61. The minimum atomic E-state index is -0.646. The van der Waals surface area contributed by atoms with Crippen molar-refractivity contribution in [3.63, 3.8) is 0 Å². The zero-order chi connectivity index (χ0) is 34.9. The van der Waals surface area contributed by atoms with Gasteiger partial charge in [-0.1, -0.05) is 32.0 Å². The molecular formula is C38H43N7O5. The summed E-state index contributed by atoms with van der Waals surface area (Å²) in [7, 11) is 1.27. The van der Waals surface area contributed by atoms with Crippen LogP contribution in [0, 0.1) is 0 Å². The first-order valence-corrected chi connectivity index (χ1v) is 17.4. The molecule has 2 aliphatic heterocycles. The number of imidazole rings is 2. The summed E-state index contributed by atoms with van der Waals surface area (Å²) in [6.45, 7) is 7.36. The summed E-state index contributed by atoms with van der Waals surface area (Å²) in [6, 6.07) is 14.7. The average molecular weight is 678 g/mol. The molecule has 0 spiro atoms. The van der Waals surface area contributed by atoms with Crippen molar-refractivity contribution in [1.29, 1.82) is 0 Å². The summed E-state index contributed by atoms with van der Waals surface area (Å²) in [5.74, 6) is 2.30. The summed E-state index contributed by atoms with van der Waals surface area (Å²) in [5.41, 5.74) is 6.86. The fraction of sp³-hybridized carbons (Fsp3) is 0.395. The molecule has 4 heterocycles. The van der Waals surface area contributed by atoms with E-state index >= 15 is 0 Å². The number of hydrogen-bond donors (Lipinski definition) is 3. The Bertz CT molecular complexity index is 2080. The Kier molecular flexibility index (Phi) is 9.18. The number of fused-ring (bicyclic) bond motifs is 6. The highest BCUT2D eigenvalue weighted by Crippen LogP contribution is 2.43. The third-order valence-electron chi connectivity index (χ3n) is 9.99. The van der Waals surface area contributed by atoms with Gasteiger partial charge in [0.2, 0.25) is 11.8 Å². The van der Waals surface area contributed by atoms with Crippen molar-refractivity contribution in [2.75, 3.05) is 20.2 Å². The van der Waals surface area contributed by atoms with Crippen LogP contribution in [-0.2, 0) is 27.5 Å². The number of hydrogen-bond acceptors (Lipinski definition) is 7. The molecule has 1 saturated heterocycles. The fourth-order valence-corrected chi connectivity index (χ4v) is 7.12. The highest BCUT2D eigenvalue weighted by Gasteiger charge is 2.32. The smallest absolute Gasteiger partial charge is 0.407 e. The molecule has 2 atom stereocenters. The Hall–Kier alpha value is -5.39. The van der Waals surface area contributed by atoms with Crippen molar-refractivity contribution in [2.24, 2.45) is 0 Å². The molecule has 1 fully saturated rings.